The topological polar surface area (TPSA) is 18.8 Å². The molecule has 1 aliphatic heterocycles. The molecule has 0 N–H and O–H groups in total. The van der Waals surface area contributed by atoms with Gasteiger partial charge in [0, 0.05) is 35.0 Å². The van der Waals surface area contributed by atoms with E-state index in [0.29, 0.717) is 5.92 Å². The minimum Gasteiger partial charge on any atom is -0.308 e. The highest BCUT2D eigenvalue weighted by Crippen LogP contribution is 2.49. The van der Waals surface area contributed by atoms with Crippen molar-refractivity contribution in [1.82, 2.24) is 9.91 Å². The maximum atomic E-state index is 6.19. The SMILES string of the molecule is CN(C)CC1(c2ccc(Cl)cc2)CCCC2C1=NN(C)C2c1ccc(Cl)cc1. The molecule has 0 aromatic heterocycles. The second-order valence-corrected chi connectivity index (χ2v) is 9.25. The zero-order valence-electron chi connectivity index (χ0n) is 16.7. The van der Waals surface area contributed by atoms with Crippen LogP contribution in [0.3, 0.4) is 0 Å². The Bertz CT molecular complexity index is 860. The van der Waals surface area contributed by atoms with Crippen LogP contribution >= 0.6 is 23.2 Å². The Morgan fingerprint density at radius 2 is 1.64 bits per heavy atom. The number of hydrogen-bond donors (Lipinski definition) is 0. The van der Waals surface area contributed by atoms with Crippen molar-refractivity contribution in [2.75, 3.05) is 27.7 Å². The summed E-state index contributed by atoms with van der Waals surface area (Å²) in [4.78, 5) is 2.29. The van der Waals surface area contributed by atoms with E-state index >= 15 is 0 Å². The molecular weight excluding hydrogens is 389 g/mol. The Morgan fingerprint density at radius 1 is 1.04 bits per heavy atom. The zero-order chi connectivity index (χ0) is 19.9. The molecule has 2 aromatic rings. The molecule has 148 valence electrons. The van der Waals surface area contributed by atoms with Gasteiger partial charge in [0.1, 0.15) is 0 Å². The van der Waals surface area contributed by atoms with E-state index in [9.17, 15) is 0 Å². The van der Waals surface area contributed by atoms with Crippen molar-refractivity contribution in [1.29, 1.82) is 0 Å². The summed E-state index contributed by atoms with van der Waals surface area (Å²) in [7, 11) is 6.40. The van der Waals surface area contributed by atoms with Gasteiger partial charge >= 0.3 is 0 Å². The largest absolute Gasteiger partial charge is 0.308 e. The van der Waals surface area contributed by atoms with Gasteiger partial charge < -0.3 is 4.90 Å². The van der Waals surface area contributed by atoms with Crippen LogP contribution in [0.5, 0.6) is 0 Å². The summed E-state index contributed by atoms with van der Waals surface area (Å²) in [6.07, 6.45) is 3.47. The van der Waals surface area contributed by atoms with E-state index < -0.39 is 0 Å². The van der Waals surface area contributed by atoms with Gasteiger partial charge in [-0.25, -0.2) is 0 Å². The van der Waals surface area contributed by atoms with Crippen LogP contribution in [0, 0.1) is 5.92 Å². The Morgan fingerprint density at radius 3 is 2.25 bits per heavy atom. The average molecular weight is 416 g/mol. The maximum Gasteiger partial charge on any atom is 0.0798 e. The molecule has 3 atom stereocenters. The first kappa shape index (κ1) is 19.8. The fourth-order valence-corrected chi connectivity index (χ4v) is 5.43. The molecule has 28 heavy (non-hydrogen) atoms. The molecular formula is C23H27Cl2N3. The number of hydrazone groups is 1. The van der Waals surface area contributed by atoms with Crippen LogP contribution in [0.1, 0.15) is 36.4 Å². The van der Waals surface area contributed by atoms with Crippen LogP contribution in [-0.2, 0) is 5.41 Å². The molecule has 2 aliphatic rings. The fourth-order valence-electron chi connectivity index (χ4n) is 5.17. The summed E-state index contributed by atoms with van der Waals surface area (Å²) in [5.74, 6) is 0.413. The molecule has 0 saturated heterocycles. The van der Waals surface area contributed by atoms with Crippen LogP contribution in [0.2, 0.25) is 10.0 Å². The molecule has 1 saturated carbocycles. The summed E-state index contributed by atoms with van der Waals surface area (Å²) in [5, 5.41) is 8.87. The lowest BCUT2D eigenvalue weighted by Crippen LogP contribution is -2.49. The smallest absolute Gasteiger partial charge is 0.0798 e. The predicted molar refractivity (Wildman–Crippen MR) is 118 cm³/mol. The van der Waals surface area contributed by atoms with Gasteiger partial charge in [0.05, 0.1) is 11.8 Å². The van der Waals surface area contributed by atoms with Gasteiger partial charge in [-0.2, -0.15) is 5.10 Å². The first-order valence-corrected chi connectivity index (χ1v) is 10.6. The number of nitrogens with zero attached hydrogens (tertiary/aromatic N) is 3. The highest BCUT2D eigenvalue weighted by atomic mass is 35.5. The van der Waals surface area contributed by atoms with Crippen molar-refractivity contribution in [2.24, 2.45) is 11.0 Å². The first-order chi connectivity index (χ1) is 13.4. The number of halogens is 2. The maximum absolute atomic E-state index is 6.19. The van der Waals surface area contributed by atoms with E-state index in [1.54, 1.807) is 0 Å². The van der Waals surface area contributed by atoms with Gasteiger partial charge in [0.15, 0.2) is 0 Å². The molecule has 1 fully saturated rings. The van der Waals surface area contributed by atoms with Crippen LogP contribution in [0.25, 0.3) is 0 Å². The van der Waals surface area contributed by atoms with Crippen LogP contribution in [0.15, 0.2) is 53.6 Å². The fraction of sp³-hybridized carbons (Fsp3) is 0.435. The van der Waals surface area contributed by atoms with Crippen LogP contribution in [-0.4, -0.2) is 43.3 Å². The summed E-state index contributed by atoms with van der Waals surface area (Å²) in [5.41, 5.74) is 3.84. The van der Waals surface area contributed by atoms with Crippen molar-refractivity contribution in [2.45, 2.75) is 30.7 Å². The first-order valence-electron chi connectivity index (χ1n) is 9.89. The highest BCUT2D eigenvalue weighted by molar-refractivity contribution is 6.30. The normalized spacial score (nSPS) is 27.1. The minimum absolute atomic E-state index is 0.0769. The molecule has 1 heterocycles. The lowest BCUT2D eigenvalue weighted by atomic mass is 9.62. The van der Waals surface area contributed by atoms with E-state index in [2.05, 4.69) is 55.3 Å². The molecule has 5 heteroatoms. The van der Waals surface area contributed by atoms with Crippen molar-refractivity contribution in [3.05, 3.63) is 69.7 Å². The molecule has 0 spiro atoms. The monoisotopic (exact) mass is 415 g/mol. The molecule has 0 bridgehead atoms. The number of likely N-dealkylation sites (N-methyl/N-ethyl adjacent to an activating group) is 1. The van der Waals surface area contributed by atoms with Crippen molar-refractivity contribution < 1.29 is 0 Å². The quantitative estimate of drug-likeness (QED) is 0.643. The number of fused-ring (bicyclic) bond motifs is 1. The third-order valence-corrected chi connectivity index (χ3v) is 6.71. The molecule has 1 aliphatic carbocycles. The Hall–Kier alpha value is -1.55. The average Bonchev–Trinajstić information content (AvgIpc) is 3.00. The molecule has 3 unspecified atom stereocenters. The standard InChI is InChI=1S/C23H27Cl2N3/c1-27(2)15-23(17-8-12-19(25)13-9-17)14-4-5-20-21(28(3)26-22(20)23)16-6-10-18(24)11-7-16/h6-13,20-21H,4-5,14-15H2,1-3H3. The van der Waals surface area contributed by atoms with Gasteiger partial charge in [0.25, 0.3) is 0 Å². The van der Waals surface area contributed by atoms with E-state index in [-0.39, 0.29) is 11.5 Å². The molecule has 2 aromatic carbocycles. The lowest BCUT2D eigenvalue weighted by molar-refractivity contribution is 0.229. The summed E-state index contributed by atoms with van der Waals surface area (Å²) in [6, 6.07) is 16.9. The minimum atomic E-state index is -0.0769. The summed E-state index contributed by atoms with van der Waals surface area (Å²) >= 11 is 12.3. The van der Waals surface area contributed by atoms with Gasteiger partial charge in [-0.3, -0.25) is 5.01 Å². The number of hydrogen-bond acceptors (Lipinski definition) is 3. The van der Waals surface area contributed by atoms with Gasteiger partial charge in [-0.1, -0.05) is 53.9 Å². The number of benzene rings is 2. The van der Waals surface area contributed by atoms with E-state index in [1.165, 1.54) is 29.7 Å². The van der Waals surface area contributed by atoms with Gasteiger partial charge in [-0.15, -0.1) is 0 Å². The molecule has 3 nitrogen and oxygen atoms in total. The van der Waals surface area contributed by atoms with Crippen molar-refractivity contribution in [3.63, 3.8) is 0 Å². The van der Waals surface area contributed by atoms with E-state index in [4.69, 9.17) is 28.3 Å². The summed E-state index contributed by atoms with van der Waals surface area (Å²) in [6.45, 7) is 0.950. The van der Waals surface area contributed by atoms with Gasteiger partial charge in [-0.05, 0) is 62.3 Å². The third kappa shape index (κ3) is 3.45. The second-order valence-electron chi connectivity index (χ2n) is 8.38. The number of rotatable bonds is 4. The van der Waals surface area contributed by atoms with Crippen molar-refractivity contribution in [3.8, 4) is 0 Å². The highest BCUT2D eigenvalue weighted by Gasteiger charge is 2.50. The van der Waals surface area contributed by atoms with E-state index in [1.807, 2.05) is 24.3 Å². The summed E-state index contributed by atoms with van der Waals surface area (Å²) < 4.78 is 0. The van der Waals surface area contributed by atoms with Crippen molar-refractivity contribution >= 4 is 28.9 Å². The Kier molecular flexibility index (Phi) is 5.43. The zero-order valence-corrected chi connectivity index (χ0v) is 18.2. The van der Waals surface area contributed by atoms with Crippen LogP contribution in [0.4, 0.5) is 0 Å². The molecule has 0 radical (unpaired) electrons. The molecule has 4 rings (SSSR count). The third-order valence-electron chi connectivity index (χ3n) is 6.20. The Balaban J connectivity index is 1.78. The molecule has 0 amide bonds. The predicted octanol–water partition coefficient (Wildman–Crippen LogP) is 5.64. The van der Waals surface area contributed by atoms with Crippen LogP contribution < -0.4 is 0 Å². The Labute approximate surface area is 177 Å². The lowest BCUT2D eigenvalue weighted by Gasteiger charge is -2.43. The van der Waals surface area contributed by atoms with Gasteiger partial charge in [0.2, 0.25) is 0 Å². The van der Waals surface area contributed by atoms with E-state index in [0.717, 1.165) is 23.0 Å². The second kappa shape index (κ2) is 7.70.